The second-order valence-corrected chi connectivity index (χ2v) is 4.64. The van der Waals surface area contributed by atoms with Gasteiger partial charge in [-0.1, -0.05) is 20.8 Å². The van der Waals surface area contributed by atoms with Crippen molar-refractivity contribution in [2.45, 2.75) is 45.6 Å². The van der Waals surface area contributed by atoms with Gasteiger partial charge < -0.3 is 0 Å². The number of hydrogen-bond donors (Lipinski definition) is 1. The van der Waals surface area contributed by atoms with Crippen molar-refractivity contribution in [3.05, 3.63) is 0 Å². The lowest BCUT2D eigenvalue weighted by Gasteiger charge is -2.29. The minimum Gasteiger partial charge on any atom is -0.299 e. The van der Waals surface area contributed by atoms with Crippen molar-refractivity contribution >= 4 is 0 Å². The molecule has 0 aromatic carbocycles. The van der Waals surface area contributed by atoms with Crippen LogP contribution in [0.15, 0.2) is 0 Å². The van der Waals surface area contributed by atoms with Crippen LogP contribution >= 0.6 is 0 Å². The van der Waals surface area contributed by atoms with Crippen LogP contribution in [-0.4, -0.2) is 12.1 Å². The Morgan fingerprint density at radius 1 is 1.46 bits per heavy atom. The second kappa shape index (κ2) is 4.11. The lowest BCUT2D eigenvalue weighted by Crippen LogP contribution is -2.44. The first-order chi connectivity index (χ1) is 6.10. The molecule has 1 rings (SSSR count). The van der Waals surface area contributed by atoms with Gasteiger partial charge in [-0.05, 0) is 37.6 Å². The molecule has 0 saturated carbocycles. The third-order valence-electron chi connectivity index (χ3n) is 3.05. The zero-order valence-electron chi connectivity index (χ0n) is 8.93. The first-order valence-electron chi connectivity index (χ1n) is 5.27. The Morgan fingerprint density at radius 3 is 2.54 bits per heavy atom. The molecule has 13 heavy (non-hydrogen) atoms. The fourth-order valence-corrected chi connectivity index (χ4v) is 2.30. The molecule has 2 heteroatoms. The smallest absolute Gasteiger partial charge is 0.109 e. The molecule has 2 atom stereocenters. The summed E-state index contributed by atoms with van der Waals surface area (Å²) in [6.07, 6.45) is 3.31. The van der Waals surface area contributed by atoms with Crippen molar-refractivity contribution in [3.8, 4) is 6.07 Å². The van der Waals surface area contributed by atoms with Crippen molar-refractivity contribution in [2.24, 2.45) is 11.8 Å². The molecule has 0 bridgehead atoms. The fourth-order valence-electron chi connectivity index (χ4n) is 2.30. The van der Waals surface area contributed by atoms with E-state index in [0.717, 1.165) is 25.8 Å². The van der Waals surface area contributed by atoms with Gasteiger partial charge in [0.2, 0.25) is 0 Å². The molecule has 1 fully saturated rings. The molecular weight excluding hydrogens is 160 g/mol. The highest BCUT2D eigenvalue weighted by Gasteiger charge is 2.38. The molecule has 0 spiro atoms. The lowest BCUT2D eigenvalue weighted by atomic mass is 9.80. The monoisotopic (exact) mass is 180 g/mol. The normalized spacial score (nSPS) is 30.4. The van der Waals surface area contributed by atoms with E-state index < -0.39 is 0 Å². The Labute approximate surface area is 81.3 Å². The van der Waals surface area contributed by atoms with Crippen LogP contribution in [0.4, 0.5) is 0 Å². The number of rotatable bonds is 3. The van der Waals surface area contributed by atoms with E-state index in [9.17, 15) is 5.26 Å². The minimum absolute atomic E-state index is 0.218. The molecule has 0 radical (unpaired) electrons. The van der Waals surface area contributed by atoms with Gasteiger partial charge in [-0.15, -0.1) is 0 Å². The summed E-state index contributed by atoms with van der Waals surface area (Å²) in [6, 6.07) is 2.47. The van der Waals surface area contributed by atoms with Crippen molar-refractivity contribution in [3.63, 3.8) is 0 Å². The van der Waals surface area contributed by atoms with Gasteiger partial charge in [-0.3, -0.25) is 5.32 Å². The van der Waals surface area contributed by atoms with E-state index in [1.54, 1.807) is 0 Å². The van der Waals surface area contributed by atoms with Crippen LogP contribution in [-0.2, 0) is 0 Å². The molecule has 0 aromatic heterocycles. The van der Waals surface area contributed by atoms with Gasteiger partial charge in [-0.2, -0.15) is 5.26 Å². The largest absolute Gasteiger partial charge is 0.299 e. The molecule has 1 saturated heterocycles. The quantitative estimate of drug-likeness (QED) is 0.723. The highest BCUT2D eigenvalue weighted by molar-refractivity contribution is 5.12. The third kappa shape index (κ3) is 2.22. The second-order valence-electron chi connectivity index (χ2n) is 4.64. The summed E-state index contributed by atoms with van der Waals surface area (Å²) in [5.74, 6) is 1.16. The number of hydrogen-bond acceptors (Lipinski definition) is 2. The summed E-state index contributed by atoms with van der Waals surface area (Å²) >= 11 is 0. The third-order valence-corrected chi connectivity index (χ3v) is 3.05. The van der Waals surface area contributed by atoms with E-state index in [4.69, 9.17) is 0 Å². The van der Waals surface area contributed by atoms with Gasteiger partial charge >= 0.3 is 0 Å². The summed E-state index contributed by atoms with van der Waals surface area (Å²) < 4.78 is 0. The fraction of sp³-hybridized carbons (Fsp3) is 0.909. The van der Waals surface area contributed by atoms with Crippen LogP contribution in [0.3, 0.4) is 0 Å². The molecule has 1 N–H and O–H groups in total. The SMILES string of the molecule is CC(C)CC(C)C1(C#N)CCCN1. The van der Waals surface area contributed by atoms with Crippen LogP contribution in [0, 0.1) is 23.2 Å². The molecule has 74 valence electrons. The molecule has 0 aliphatic carbocycles. The van der Waals surface area contributed by atoms with Gasteiger partial charge in [0.05, 0.1) is 6.07 Å². The maximum Gasteiger partial charge on any atom is 0.109 e. The average molecular weight is 180 g/mol. The van der Waals surface area contributed by atoms with Gasteiger partial charge in [0, 0.05) is 0 Å². The predicted molar refractivity (Wildman–Crippen MR) is 54.2 cm³/mol. The highest BCUT2D eigenvalue weighted by atomic mass is 15.0. The van der Waals surface area contributed by atoms with E-state index in [2.05, 4.69) is 32.2 Å². The average Bonchev–Trinajstić information content (AvgIpc) is 2.51. The minimum atomic E-state index is -0.218. The van der Waals surface area contributed by atoms with E-state index in [1.165, 1.54) is 0 Å². The summed E-state index contributed by atoms with van der Waals surface area (Å²) in [7, 11) is 0. The Balaban J connectivity index is 2.61. The Morgan fingerprint density at radius 2 is 2.15 bits per heavy atom. The van der Waals surface area contributed by atoms with Crippen molar-refractivity contribution in [2.75, 3.05) is 6.54 Å². The van der Waals surface area contributed by atoms with Gasteiger partial charge in [0.15, 0.2) is 0 Å². The van der Waals surface area contributed by atoms with Crippen LogP contribution < -0.4 is 5.32 Å². The molecule has 1 aliphatic heterocycles. The molecule has 1 heterocycles. The van der Waals surface area contributed by atoms with E-state index in [-0.39, 0.29) is 5.54 Å². The van der Waals surface area contributed by atoms with Crippen LogP contribution in [0.1, 0.15) is 40.0 Å². The van der Waals surface area contributed by atoms with Crippen molar-refractivity contribution in [1.29, 1.82) is 5.26 Å². The Kier molecular flexibility index (Phi) is 3.33. The first-order valence-corrected chi connectivity index (χ1v) is 5.27. The maximum absolute atomic E-state index is 9.19. The Hall–Kier alpha value is -0.550. The highest BCUT2D eigenvalue weighted by Crippen LogP contribution is 2.31. The van der Waals surface area contributed by atoms with Crippen molar-refractivity contribution < 1.29 is 0 Å². The molecule has 1 aliphatic rings. The first kappa shape index (κ1) is 10.5. The van der Waals surface area contributed by atoms with E-state index in [1.807, 2.05) is 0 Å². The molecule has 2 unspecified atom stereocenters. The molecule has 0 aromatic rings. The molecular formula is C11H20N2. The summed E-state index contributed by atoms with van der Waals surface area (Å²) in [5.41, 5.74) is -0.218. The molecule has 2 nitrogen and oxygen atoms in total. The van der Waals surface area contributed by atoms with Gasteiger partial charge in [-0.25, -0.2) is 0 Å². The standard InChI is InChI=1S/C11H20N2/c1-9(2)7-10(3)11(8-12)5-4-6-13-11/h9-10,13H,4-7H2,1-3H3. The maximum atomic E-state index is 9.19. The van der Waals surface area contributed by atoms with Crippen LogP contribution in [0.25, 0.3) is 0 Å². The zero-order chi connectivity index (χ0) is 9.90. The lowest BCUT2D eigenvalue weighted by molar-refractivity contribution is 0.284. The Bertz CT molecular complexity index is 197. The van der Waals surface area contributed by atoms with Gasteiger partial charge in [0.1, 0.15) is 5.54 Å². The topological polar surface area (TPSA) is 35.8 Å². The summed E-state index contributed by atoms with van der Waals surface area (Å²) in [5, 5.41) is 12.6. The summed E-state index contributed by atoms with van der Waals surface area (Å²) in [4.78, 5) is 0. The van der Waals surface area contributed by atoms with Gasteiger partial charge in [0.25, 0.3) is 0 Å². The van der Waals surface area contributed by atoms with E-state index >= 15 is 0 Å². The van der Waals surface area contributed by atoms with Crippen LogP contribution in [0.5, 0.6) is 0 Å². The zero-order valence-corrected chi connectivity index (χ0v) is 8.93. The number of nitrogens with one attached hydrogen (secondary N) is 1. The number of nitrogens with zero attached hydrogens (tertiary/aromatic N) is 1. The molecule has 0 amide bonds. The summed E-state index contributed by atoms with van der Waals surface area (Å²) in [6.45, 7) is 7.64. The predicted octanol–water partition coefficient (Wildman–Crippen LogP) is 2.31. The number of nitriles is 1. The van der Waals surface area contributed by atoms with Crippen LogP contribution in [0.2, 0.25) is 0 Å². The van der Waals surface area contributed by atoms with E-state index in [0.29, 0.717) is 11.8 Å². The van der Waals surface area contributed by atoms with Crippen molar-refractivity contribution in [1.82, 2.24) is 5.32 Å².